The maximum absolute atomic E-state index is 4.90. The molecule has 3 rings (SSSR count). The summed E-state index contributed by atoms with van der Waals surface area (Å²) in [6, 6.07) is 1.44. The Morgan fingerprint density at radius 3 is 2.32 bits per heavy atom. The van der Waals surface area contributed by atoms with Crippen LogP contribution in [0.1, 0.15) is 44.9 Å². The van der Waals surface area contributed by atoms with Gasteiger partial charge in [-0.05, 0) is 44.5 Å². The molecule has 0 aromatic heterocycles. The molecular formula is C18H28N4. The van der Waals surface area contributed by atoms with E-state index in [2.05, 4.69) is 35.2 Å². The van der Waals surface area contributed by atoms with Gasteiger partial charge in [0.1, 0.15) is 0 Å². The monoisotopic (exact) mass is 300 g/mol. The predicted molar refractivity (Wildman–Crippen MR) is 93.9 cm³/mol. The fourth-order valence-corrected chi connectivity index (χ4v) is 3.42. The van der Waals surface area contributed by atoms with Crippen LogP contribution in [0.25, 0.3) is 0 Å². The van der Waals surface area contributed by atoms with Gasteiger partial charge in [-0.2, -0.15) is 0 Å². The van der Waals surface area contributed by atoms with Gasteiger partial charge in [0.25, 0.3) is 0 Å². The van der Waals surface area contributed by atoms with Crippen molar-refractivity contribution in [2.75, 3.05) is 6.54 Å². The Balaban J connectivity index is 1.55. The Bertz CT molecular complexity index is 446. The molecule has 2 fully saturated rings. The van der Waals surface area contributed by atoms with Gasteiger partial charge in [-0.1, -0.05) is 31.4 Å². The number of nitrogens with one attached hydrogen (secondary N) is 2. The van der Waals surface area contributed by atoms with E-state index in [9.17, 15) is 0 Å². The highest BCUT2D eigenvalue weighted by Crippen LogP contribution is 2.24. The SMILES string of the molecule is C1=CNC(C=NC2CCCCC2N=CC2CCCCN2)C=C1. The summed E-state index contributed by atoms with van der Waals surface area (Å²) in [7, 11) is 0. The number of nitrogens with zero attached hydrogens (tertiary/aromatic N) is 2. The molecule has 4 atom stereocenters. The number of allylic oxidation sites excluding steroid dienone is 2. The van der Waals surface area contributed by atoms with Crippen LogP contribution in [0, 0.1) is 0 Å². The second kappa shape index (κ2) is 8.28. The Labute approximate surface area is 133 Å². The van der Waals surface area contributed by atoms with Gasteiger partial charge in [-0.25, -0.2) is 0 Å². The molecule has 0 radical (unpaired) electrons. The van der Waals surface area contributed by atoms with Gasteiger partial charge < -0.3 is 10.6 Å². The molecule has 0 spiro atoms. The summed E-state index contributed by atoms with van der Waals surface area (Å²) >= 11 is 0. The smallest absolute Gasteiger partial charge is 0.0794 e. The molecule has 120 valence electrons. The molecule has 4 heteroatoms. The third-order valence-electron chi connectivity index (χ3n) is 4.75. The van der Waals surface area contributed by atoms with E-state index in [-0.39, 0.29) is 6.04 Å². The highest BCUT2D eigenvalue weighted by molar-refractivity contribution is 5.68. The molecule has 1 saturated heterocycles. The van der Waals surface area contributed by atoms with Crippen molar-refractivity contribution in [3.05, 3.63) is 24.4 Å². The maximum atomic E-state index is 4.90. The van der Waals surface area contributed by atoms with E-state index in [4.69, 9.17) is 9.98 Å². The summed E-state index contributed by atoms with van der Waals surface area (Å²) in [6.45, 7) is 1.14. The van der Waals surface area contributed by atoms with Crippen LogP contribution in [0.15, 0.2) is 34.4 Å². The standard InChI is InChI=1S/C18H28N4/c1-2-10-18(22-14-16-8-4-6-12-20-16)17(9-1)21-13-15-7-3-5-11-19-15/h3,5,7,11,13-20H,1-2,4,6,8-10,12H2. The van der Waals surface area contributed by atoms with Crippen molar-refractivity contribution in [1.29, 1.82) is 0 Å². The Morgan fingerprint density at radius 1 is 0.864 bits per heavy atom. The van der Waals surface area contributed by atoms with E-state index in [1.54, 1.807) is 0 Å². The van der Waals surface area contributed by atoms with Gasteiger partial charge in [0, 0.05) is 18.5 Å². The van der Waals surface area contributed by atoms with Crippen LogP contribution < -0.4 is 10.6 Å². The first-order valence-electron chi connectivity index (χ1n) is 8.81. The number of aliphatic imine (C=N–C) groups is 2. The van der Waals surface area contributed by atoms with E-state index in [0.717, 1.165) is 6.54 Å². The van der Waals surface area contributed by atoms with E-state index in [1.165, 1.54) is 44.9 Å². The first kappa shape index (κ1) is 15.5. The van der Waals surface area contributed by atoms with Crippen molar-refractivity contribution < 1.29 is 0 Å². The predicted octanol–water partition coefficient (Wildman–Crippen LogP) is 2.62. The number of hydrogen-bond acceptors (Lipinski definition) is 4. The minimum Gasteiger partial charge on any atom is -0.380 e. The van der Waals surface area contributed by atoms with Crippen LogP contribution in [0.5, 0.6) is 0 Å². The van der Waals surface area contributed by atoms with E-state index >= 15 is 0 Å². The zero-order chi connectivity index (χ0) is 15.0. The average Bonchev–Trinajstić information content (AvgIpc) is 2.61. The number of dihydropyridines is 1. The van der Waals surface area contributed by atoms with E-state index in [1.807, 2.05) is 12.3 Å². The lowest BCUT2D eigenvalue weighted by Crippen LogP contribution is -2.36. The molecule has 0 amide bonds. The molecule has 2 heterocycles. The molecular weight excluding hydrogens is 272 g/mol. The lowest BCUT2D eigenvalue weighted by molar-refractivity contribution is 0.387. The van der Waals surface area contributed by atoms with Crippen molar-refractivity contribution in [3.63, 3.8) is 0 Å². The molecule has 1 saturated carbocycles. The molecule has 1 aliphatic carbocycles. The van der Waals surface area contributed by atoms with Crippen LogP contribution in [0.4, 0.5) is 0 Å². The van der Waals surface area contributed by atoms with Crippen molar-refractivity contribution in [2.45, 2.75) is 69.1 Å². The molecule has 0 aromatic carbocycles. The highest BCUT2D eigenvalue weighted by atomic mass is 15.0. The van der Waals surface area contributed by atoms with Gasteiger partial charge in [-0.3, -0.25) is 9.98 Å². The van der Waals surface area contributed by atoms with Crippen LogP contribution in [0.2, 0.25) is 0 Å². The van der Waals surface area contributed by atoms with Gasteiger partial charge in [0.05, 0.1) is 18.1 Å². The van der Waals surface area contributed by atoms with Crippen molar-refractivity contribution in [3.8, 4) is 0 Å². The number of rotatable bonds is 4. The maximum Gasteiger partial charge on any atom is 0.0794 e. The molecule has 2 aliphatic heterocycles. The lowest BCUT2D eigenvalue weighted by atomic mass is 9.91. The largest absolute Gasteiger partial charge is 0.380 e. The van der Waals surface area contributed by atoms with Crippen LogP contribution in [0.3, 0.4) is 0 Å². The van der Waals surface area contributed by atoms with Gasteiger partial charge in [0.15, 0.2) is 0 Å². The summed E-state index contributed by atoms with van der Waals surface area (Å²) in [4.78, 5) is 9.74. The summed E-state index contributed by atoms with van der Waals surface area (Å²) in [5, 5.41) is 6.83. The van der Waals surface area contributed by atoms with Crippen molar-refractivity contribution in [2.24, 2.45) is 9.98 Å². The normalized spacial score (nSPS) is 36.0. The number of piperidine rings is 1. The molecule has 22 heavy (non-hydrogen) atoms. The quantitative estimate of drug-likeness (QED) is 0.784. The summed E-state index contributed by atoms with van der Waals surface area (Å²) in [5.41, 5.74) is 0. The molecule has 0 bridgehead atoms. The fourth-order valence-electron chi connectivity index (χ4n) is 3.42. The molecule has 4 unspecified atom stereocenters. The first-order valence-corrected chi connectivity index (χ1v) is 8.81. The molecule has 4 nitrogen and oxygen atoms in total. The summed E-state index contributed by atoms with van der Waals surface area (Å²) in [6.07, 6.45) is 21.2. The van der Waals surface area contributed by atoms with Gasteiger partial charge in [0.2, 0.25) is 0 Å². The zero-order valence-electron chi connectivity index (χ0n) is 13.3. The first-order chi connectivity index (χ1) is 10.9. The Kier molecular flexibility index (Phi) is 5.82. The summed E-state index contributed by atoms with van der Waals surface area (Å²) < 4.78 is 0. The average molecular weight is 300 g/mol. The fraction of sp³-hybridized carbons (Fsp3) is 0.667. The third kappa shape index (κ3) is 4.54. The lowest BCUT2D eigenvalue weighted by Gasteiger charge is -2.27. The second-order valence-corrected chi connectivity index (χ2v) is 6.51. The van der Waals surface area contributed by atoms with Crippen LogP contribution >= 0.6 is 0 Å². The third-order valence-corrected chi connectivity index (χ3v) is 4.75. The second-order valence-electron chi connectivity index (χ2n) is 6.51. The highest BCUT2D eigenvalue weighted by Gasteiger charge is 2.24. The molecule has 2 N–H and O–H groups in total. The van der Waals surface area contributed by atoms with Crippen molar-refractivity contribution in [1.82, 2.24) is 10.6 Å². The van der Waals surface area contributed by atoms with Crippen molar-refractivity contribution >= 4 is 12.4 Å². The summed E-state index contributed by atoms with van der Waals surface area (Å²) in [5.74, 6) is 0. The van der Waals surface area contributed by atoms with E-state index < -0.39 is 0 Å². The Hall–Kier alpha value is -1.42. The van der Waals surface area contributed by atoms with Crippen LogP contribution in [-0.4, -0.2) is 43.1 Å². The van der Waals surface area contributed by atoms with Gasteiger partial charge in [-0.15, -0.1) is 0 Å². The number of hydrogen-bond donors (Lipinski definition) is 2. The van der Waals surface area contributed by atoms with Crippen LogP contribution in [-0.2, 0) is 0 Å². The van der Waals surface area contributed by atoms with E-state index in [0.29, 0.717) is 18.1 Å². The van der Waals surface area contributed by atoms with Gasteiger partial charge >= 0.3 is 0 Å². The topological polar surface area (TPSA) is 48.8 Å². The minimum absolute atomic E-state index is 0.233. The molecule has 0 aromatic rings. The molecule has 3 aliphatic rings. The minimum atomic E-state index is 0.233. The zero-order valence-corrected chi connectivity index (χ0v) is 13.3. The Morgan fingerprint density at radius 2 is 1.64 bits per heavy atom.